The number of ether oxygens (including phenoxy) is 1. The zero-order valence-corrected chi connectivity index (χ0v) is 35.3. The van der Waals surface area contributed by atoms with Gasteiger partial charge in [-0.1, -0.05) is 36.2 Å². The average Bonchev–Trinajstić information content (AvgIpc) is 3.46. The smallest absolute Gasteiger partial charge is 0.264 e. The minimum absolute atomic E-state index is 0.0713. The molecule has 312 valence electrons. The minimum Gasteiger partial charge on any atom is -0.495 e. The highest BCUT2D eigenvalue weighted by molar-refractivity contribution is 7.92. The Morgan fingerprint density at radius 3 is 2.47 bits per heavy atom. The molecule has 15 nitrogen and oxygen atoms in total. The molecule has 1 aromatic heterocycles. The molecular weight excluding hydrogens is 796 g/mol. The van der Waals surface area contributed by atoms with Crippen molar-refractivity contribution in [3.63, 3.8) is 0 Å². The van der Waals surface area contributed by atoms with Crippen molar-refractivity contribution in [3.05, 3.63) is 88.1 Å². The Morgan fingerprint density at radius 2 is 1.73 bits per heavy atom. The number of nitrogens with one attached hydrogen (secondary N) is 4. The molecule has 4 amide bonds. The van der Waals surface area contributed by atoms with Gasteiger partial charge in [0.15, 0.2) is 15.7 Å². The Morgan fingerprint density at radius 1 is 0.966 bits per heavy atom. The number of unbranched alkanes of at least 4 members (excludes halogenated alkanes) is 2. The van der Waals surface area contributed by atoms with E-state index in [1.165, 1.54) is 6.20 Å². The van der Waals surface area contributed by atoms with Gasteiger partial charge in [0.1, 0.15) is 16.8 Å². The first-order chi connectivity index (χ1) is 28.2. The largest absolute Gasteiger partial charge is 0.495 e. The maximum absolute atomic E-state index is 13.4. The Labute approximate surface area is 349 Å². The highest BCUT2D eigenvalue weighted by Crippen LogP contribution is 2.35. The predicted molar refractivity (Wildman–Crippen MR) is 227 cm³/mol. The fourth-order valence-electron chi connectivity index (χ4n) is 7.09. The topological polar surface area (TPSA) is 192 Å². The molecule has 1 fully saturated rings. The number of carbonyl (C=O) groups excluding carboxylic acids is 4. The minimum atomic E-state index is -3.57. The third kappa shape index (κ3) is 9.67. The number of anilines is 5. The quantitative estimate of drug-likeness (QED) is 0.0648. The van der Waals surface area contributed by atoms with Gasteiger partial charge in [0.25, 0.3) is 11.8 Å². The van der Waals surface area contributed by atoms with E-state index in [1.54, 1.807) is 63.4 Å². The number of halogens is 1. The van der Waals surface area contributed by atoms with Crippen molar-refractivity contribution in [2.75, 3.05) is 49.7 Å². The molecule has 3 heterocycles. The lowest BCUT2D eigenvalue weighted by molar-refractivity contribution is -0.136. The number of benzene rings is 3. The number of piperidine rings is 1. The van der Waals surface area contributed by atoms with Crippen molar-refractivity contribution < 1.29 is 32.3 Å². The second kappa shape index (κ2) is 18.6. The van der Waals surface area contributed by atoms with Gasteiger partial charge in [0.05, 0.1) is 46.0 Å². The van der Waals surface area contributed by atoms with E-state index in [9.17, 15) is 27.6 Å². The molecule has 2 aliphatic heterocycles. The predicted octanol–water partition coefficient (Wildman–Crippen LogP) is 6.27. The standard InChI is InChI=1S/C42H49ClN8O7S/c1-25(2)59(56,57)35-15-8-7-13-30(35)46-38-29(43)24-45-42(49-38)47-32-22-26(3)27(23-34(32)58-5)18-21-50(4)20-10-6-9-19-44-31-14-11-12-28-37(31)41(55)51(40(28)54)33-16-17-36(52)48-39(33)53/h7-8,11-15,22-25,33,44H,6,9-10,16-21H2,1-5H3,(H,48,52,53)(H2,45,46,47,49). The van der Waals surface area contributed by atoms with Crippen LogP contribution in [0.2, 0.25) is 5.02 Å². The molecule has 0 spiro atoms. The number of sulfone groups is 1. The van der Waals surface area contributed by atoms with E-state index in [0.717, 1.165) is 54.8 Å². The summed E-state index contributed by atoms with van der Waals surface area (Å²) in [5.74, 6) is -0.985. The van der Waals surface area contributed by atoms with Crippen molar-refractivity contribution in [1.82, 2.24) is 25.1 Å². The molecule has 0 bridgehead atoms. The van der Waals surface area contributed by atoms with E-state index < -0.39 is 44.8 Å². The fraction of sp³-hybridized carbons (Fsp3) is 0.381. The van der Waals surface area contributed by atoms with Crippen LogP contribution in [0.15, 0.2) is 65.7 Å². The lowest BCUT2D eigenvalue weighted by Gasteiger charge is -2.27. The number of aromatic nitrogens is 2. The number of hydrogen-bond donors (Lipinski definition) is 4. The second-order valence-electron chi connectivity index (χ2n) is 14.9. The highest BCUT2D eigenvalue weighted by Gasteiger charge is 2.45. The molecule has 6 rings (SSSR count). The van der Waals surface area contributed by atoms with E-state index >= 15 is 0 Å². The van der Waals surface area contributed by atoms with Gasteiger partial charge in [-0.3, -0.25) is 29.4 Å². The van der Waals surface area contributed by atoms with Crippen LogP contribution in [0.3, 0.4) is 0 Å². The molecule has 1 unspecified atom stereocenters. The van der Waals surface area contributed by atoms with Gasteiger partial charge < -0.3 is 25.6 Å². The summed E-state index contributed by atoms with van der Waals surface area (Å²) in [7, 11) is 0.113. The molecule has 1 atom stereocenters. The first-order valence-electron chi connectivity index (χ1n) is 19.5. The van der Waals surface area contributed by atoms with Gasteiger partial charge in [-0.25, -0.2) is 13.4 Å². The van der Waals surface area contributed by atoms with E-state index in [-0.39, 0.29) is 45.7 Å². The SMILES string of the molecule is COc1cc(CCN(C)CCCCCNc2cccc3c2C(=O)N(C2CCC(=O)NC2=O)C3=O)c(C)cc1Nc1ncc(Cl)c(Nc2ccccc2S(=O)(=O)C(C)C)n1. The number of amides is 4. The summed E-state index contributed by atoms with van der Waals surface area (Å²) in [4.78, 5) is 62.8. The number of carbonyl (C=O) groups is 4. The van der Waals surface area contributed by atoms with Crippen LogP contribution in [0, 0.1) is 6.92 Å². The summed E-state index contributed by atoms with van der Waals surface area (Å²) in [5.41, 5.74) is 4.28. The first kappa shape index (κ1) is 43.0. The van der Waals surface area contributed by atoms with Gasteiger partial charge in [0, 0.05) is 25.2 Å². The van der Waals surface area contributed by atoms with Crippen LogP contribution in [0.1, 0.15) is 77.8 Å². The molecule has 59 heavy (non-hydrogen) atoms. The van der Waals surface area contributed by atoms with E-state index in [4.69, 9.17) is 16.3 Å². The molecule has 4 N–H and O–H groups in total. The number of likely N-dealkylation sites (N-methyl/N-ethyl adjacent to an activating group) is 1. The highest BCUT2D eigenvalue weighted by atomic mass is 35.5. The van der Waals surface area contributed by atoms with Crippen LogP contribution >= 0.6 is 11.6 Å². The number of methoxy groups -OCH3 is 1. The number of hydrogen-bond acceptors (Lipinski definition) is 13. The Kier molecular flexibility index (Phi) is 13.5. The molecule has 2 aliphatic rings. The number of fused-ring (bicyclic) bond motifs is 1. The number of para-hydroxylation sites is 1. The van der Waals surface area contributed by atoms with Crippen LogP contribution in [0.25, 0.3) is 0 Å². The van der Waals surface area contributed by atoms with E-state index in [0.29, 0.717) is 29.4 Å². The Hall–Kier alpha value is -5.58. The summed E-state index contributed by atoms with van der Waals surface area (Å²) >= 11 is 6.44. The zero-order chi connectivity index (χ0) is 42.4. The third-order valence-electron chi connectivity index (χ3n) is 10.5. The van der Waals surface area contributed by atoms with Crippen LogP contribution < -0.4 is 26.0 Å². The van der Waals surface area contributed by atoms with Crippen LogP contribution in [0.4, 0.5) is 28.8 Å². The Bertz CT molecular complexity index is 2370. The fourth-order valence-corrected chi connectivity index (χ4v) is 8.43. The van der Waals surface area contributed by atoms with Crippen molar-refractivity contribution in [2.45, 2.75) is 75.5 Å². The van der Waals surface area contributed by atoms with Gasteiger partial charge >= 0.3 is 0 Å². The number of rotatable bonds is 18. The van der Waals surface area contributed by atoms with Gasteiger partial charge in [0.2, 0.25) is 17.8 Å². The monoisotopic (exact) mass is 844 g/mol. The van der Waals surface area contributed by atoms with Gasteiger partial charge in [-0.05, 0) is 108 Å². The number of aryl methyl sites for hydroxylation is 1. The zero-order valence-electron chi connectivity index (χ0n) is 33.7. The van der Waals surface area contributed by atoms with Crippen LogP contribution in [-0.4, -0.2) is 96.9 Å². The molecule has 1 saturated heterocycles. The maximum Gasteiger partial charge on any atom is 0.264 e. The van der Waals surface area contributed by atoms with Crippen LogP contribution in [-0.2, 0) is 25.8 Å². The normalized spacial score (nSPS) is 15.5. The second-order valence-corrected chi connectivity index (χ2v) is 17.8. The summed E-state index contributed by atoms with van der Waals surface area (Å²) in [6.07, 6.45) is 5.19. The van der Waals surface area contributed by atoms with Crippen molar-refractivity contribution in [1.29, 1.82) is 0 Å². The number of imide groups is 2. The summed E-state index contributed by atoms with van der Waals surface area (Å²) in [6, 6.07) is 14.7. The summed E-state index contributed by atoms with van der Waals surface area (Å²) in [5, 5.41) is 11.5. The summed E-state index contributed by atoms with van der Waals surface area (Å²) in [6.45, 7) is 7.62. The molecular formula is C42H49ClN8O7S. The number of nitrogens with zero attached hydrogens (tertiary/aromatic N) is 4. The van der Waals surface area contributed by atoms with Crippen molar-refractivity contribution in [3.8, 4) is 5.75 Å². The molecule has 17 heteroatoms. The maximum atomic E-state index is 13.4. The van der Waals surface area contributed by atoms with Crippen molar-refractivity contribution >= 4 is 73.9 Å². The van der Waals surface area contributed by atoms with Crippen LogP contribution in [0.5, 0.6) is 5.75 Å². The molecule has 3 aromatic carbocycles. The third-order valence-corrected chi connectivity index (χ3v) is 13.0. The molecule has 0 saturated carbocycles. The lowest BCUT2D eigenvalue weighted by Crippen LogP contribution is -2.54. The van der Waals surface area contributed by atoms with E-state index in [2.05, 4.69) is 43.2 Å². The first-order valence-corrected chi connectivity index (χ1v) is 21.5. The van der Waals surface area contributed by atoms with Gasteiger partial charge in [-0.2, -0.15) is 4.98 Å². The average molecular weight is 845 g/mol. The van der Waals surface area contributed by atoms with Crippen molar-refractivity contribution in [2.24, 2.45) is 0 Å². The lowest BCUT2D eigenvalue weighted by atomic mass is 10.0. The van der Waals surface area contributed by atoms with Gasteiger partial charge in [-0.15, -0.1) is 0 Å². The summed E-state index contributed by atoms with van der Waals surface area (Å²) < 4.78 is 31.7. The molecule has 4 aromatic rings. The molecule has 0 radical (unpaired) electrons. The Balaban J connectivity index is 0.982. The molecule has 0 aliphatic carbocycles. The van der Waals surface area contributed by atoms with E-state index in [1.807, 2.05) is 19.1 Å².